The second-order valence-electron chi connectivity index (χ2n) is 3.69. The van der Waals surface area contributed by atoms with Crippen LogP contribution in [-0.2, 0) is 11.3 Å². The van der Waals surface area contributed by atoms with Gasteiger partial charge < -0.3 is 15.3 Å². The Labute approximate surface area is 117 Å². The van der Waals surface area contributed by atoms with Crippen LogP contribution in [0.5, 0.6) is 0 Å². The zero-order valence-electron chi connectivity index (χ0n) is 9.26. The van der Waals surface area contributed by atoms with E-state index in [0.717, 1.165) is 4.88 Å². The molecule has 8 heteroatoms. The van der Waals surface area contributed by atoms with Crippen LogP contribution in [0.1, 0.15) is 4.88 Å². The van der Waals surface area contributed by atoms with Gasteiger partial charge in [0.2, 0.25) is 0 Å². The molecular formula is C10H11ClN2O3S2. The van der Waals surface area contributed by atoms with Crippen LogP contribution >= 0.6 is 34.7 Å². The monoisotopic (exact) mass is 306 g/mol. The molecule has 0 bridgehead atoms. The summed E-state index contributed by atoms with van der Waals surface area (Å²) in [7, 11) is 0. The minimum absolute atomic E-state index is 0.350. The number of carbonyl (C=O) groups excluding carboxylic acids is 1. The predicted octanol–water partition coefficient (Wildman–Crippen LogP) is 2.07. The van der Waals surface area contributed by atoms with E-state index in [1.165, 1.54) is 28.0 Å². The molecule has 1 aliphatic heterocycles. The summed E-state index contributed by atoms with van der Waals surface area (Å²) in [6.45, 7) is 0.365. The Morgan fingerprint density at radius 1 is 1.56 bits per heavy atom. The molecule has 0 aliphatic carbocycles. The van der Waals surface area contributed by atoms with Crippen LogP contribution < -0.4 is 5.32 Å². The maximum Gasteiger partial charge on any atom is 0.327 e. The van der Waals surface area contributed by atoms with Crippen molar-refractivity contribution in [2.24, 2.45) is 0 Å². The second kappa shape index (κ2) is 5.81. The number of halogens is 1. The Morgan fingerprint density at radius 3 is 2.94 bits per heavy atom. The van der Waals surface area contributed by atoms with Gasteiger partial charge in [-0.05, 0) is 12.1 Å². The summed E-state index contributed by atoms with van der Waals surface area (Å²) >= 11 is 8.61. The van der Waals surface area contributed by atoms with E-state index >= 15 is 0 Å². The van der Waals surface area contributed by atoms with Crippen LogP contribution in [0.2, 0.25) is 4.34 Å². The van der Waals surface area contributed by atoms with E-state index in [1.54, 1.807) is 6.07 Å². The average Bonchev–Trinajstić information content (AvgIpc) is 2.94. The summed E-state index contributed by atoms with van der Waals surface area (Å²) in [5.41, 5.74) is 0. The van der Waals surface area contributed by atoms with Crippen LogP contribution in [0, 0.1) is 0 Å². The Morgan fingerprint density at radius 2 is 2.33 bits per heavy atom. The Balaban J connectivity index is 1.89. The quantitative estimate of drug-likeness (QED) is 0.897. The molecule has 1 unspecified atom stereocenters. The highest BCUT2D eigenvalue weighted by atomic mass is 35.5. The molecule has 1 aromatic heterocycles. The van der Waals surface area contributed by atoms with Crippen LogP contribution in [-0.4, -0.2) is 39.7 Å². The van der Waals surface area contributed by atoms with E-state index in [9.17, 15) is 9.59 Å². The summed E-state index contributed by atoms with van der Waals surface area (Å²) in [5, 5.41) is 11.7. The third-order valence-corrected chi connectivity index (χ3v) is 4.71. The van der Waals surface area contributed by atoms with E-state index in [0.29, 0.717) is 22.5 Å². The topological polar surface area (TPSA) is 69.6 Å². The molecular weight excluding hydrogens is 296 g/mol. The zero-order chi connectivity index (χ0) is 13.1. The normalized spacial score (nSPS) is 18.9. The molecule has 5 nitrogen and oxygen atoms in total. The van der Waals surface area contributed by atoms with Gasteiger partial charge in [-0.3, -0.25) is 0 Å². The van der Waals surface area contributed by atoms with E-state index in [-0.39, 0.29) is 6.03 Å². The van der Waals surface area contributed by atoms with Gasteiger partial charge in [0.15, 0.2) is 0 Å². The molecule has 2 rings (SSSR count). The lowest BCUT2D eigenvalue weighted by atomic mass is 10.3. The van der Waals surface area contributed by atoms with Crippen molar-refractivity contribution in [3.63, 3.8) is 0 Å². The number of nitrogens with one attached hydrogen (secondary N) is 1. The first-order valence-corrected chi connectivity index (χ1v) is 7.52. The number of nitrogens with zero attached hydrogens (tertiary/aromatic N) is 1. The van der Waals surface area contributed by atoms with Gasteiger partial charge >= 0.3 is 12.0 Å². The highest BCUT2D eigenvalue weighted by Gasteiger charge is 2.34. The summed E-state index contributed by atoms with van der Waals surface area (Å²) in [6.07, 6.45) is 0. The molecule has 2 heterocycles. The van der Waals surface area contributed by atoms with Crippen LogP contribution in [0.15, 0.2) is 12.1 Å². The summed E-state index contributed by atoms with van der Waals surface area (Å²) in [6, 6.07) is 2.51. The Hall–Kier alpha value is -0.920. The van der Waals surface area contributed by atoms with Crippen molar-refractivity contribution in [3.8, 4) is 0 Å². The van der Waals surface area contributed by atoms with Crippen LogP contribution in [0.3, 0.4) is 0 Å². The molecule has 1 fully saturated rings. The SMILES string of the molecule is O=C(O)C1CSCN1C(=O)NCc1ccc(Cl)s1. The summed E-state index contributed by atoms with van der Waals surface area (Å²) in [4.78, 5) is 25.1. The number of urea groups is 1. The third-order valence-electron chi connectivity index (χ3n) is 2.47. The molecule has 18 heavy (non-hydrogen) atoms. The predicted molar refractivity (Wildman–Crippen MR) is 72.2 cm³/mol. The van der Waals surface area contributed by atoms with Gasteiger partial charge in [0, 0.05) is 10.6 Å². The van der Waals surface area contributed by atoms with Crippen molar-refractivity contribution < 1.29 is 14.7 Å². The van der Waals surface area contributed by atoms with E-state index in [1.807, 2.05) is 6.07 Å². The second-order valence-corrected chi connectivity index (χ2v) is 6.49. The van der Waals surface area contributed by atoms with Gasteiger partial charge in [-0.1, -0.05) is 11.6 Å². The highest BCUT2D eigenvalue weighted by Crippen LogP contribution is 2.23. The molecule has 1 aromatic rings. The molecule has 1 aliphatic rings. The van der Waals surface area contributed by atoms with E-state index in [4.69, 9.17) is 16.7 Å². The lowest BCUT2D eigenvalue weighted by molar-refractivity contribution is -0.140. The number of carbonyl (C=O) groups is 2. The van der Waals surface area contributed by atoms with E-state index < -0.39 is 12.0 Å². The molecule has 2 N–H and O–H groups in total. The Bertz CT molecular complexity index is 466. The molecule has 2 amide bonds. The number of carboxylic acids is 1. The van der Waals surface area contributed by atoms with Gasteiger partial charge in [0.25, 0.3) is 0 Å². The van der Waals surface area contributed by atoms with Gasteiger partial charge in [-0.15, -0.1) is 23.1 Å². The summed E-state index contributed by atoms with van der Waals surface area (Å²) < 4.78 is 0.666. The maximum atomic E-state index is 11.9. The van der Waals surface area contributed by atoms with Crippen molar-refractivity contribution in [2.45, 2.75) is 12.6 Å². The Kier molecular flexibility index (Phi) is 4.36. The molecule has 0 saturated carbocycles. The van der Waals surface area contributed by atoms with Gasteiger partial charge in [0.05, 0.1) is 16.8 Å². The van der Waals surface area contributed by atoms with Gasteiger partial charge in [-0.25, -0.2) is 9.59 Å². The fourth-order valence-corrected chi connectivity index (χ4v) is 3.73. The fourth-order valence-electron chi connectivity index (χ4n) is 1.56. The smallest absolute Gasteiger partial charge is 0.327 e. The zero-order valence-corrected chi connectivity index (χ0v) is 11.6. The van der Waals surface area contributed by atoms with Crippen LogP contribution in [0.25, 0.3) is 0 Å². The van der Waals surface area contributed by atoms with Crippen molar-refractivity contribution in [3.05, 3.63) is 21.3 Å². The number of amides is 2. The molecule has 0 aromatic carbocycles. The van der Waals surface area contributed by atoms with Crippen LogP contribution in [0.4, 0.5) is 4.79 Å². The lowest BCUT2D eigenvalue weighted by Crippen LogP contribution is -2.46. The minimum atomic E-state index is -0.964. The lowest BCUT2D eigenvalue weighted by Gasteiger charge is -2.20. The first-order valence-electron chi connectivity index (χ1n) is 5.17. The first kappa shape index (κ1) is 13.5. The maximum absolute atomic E-state index is 11.9. The van der Waals surface area contributed by atoms with Crippen molar-refractivity contribution in [1.29, 1.82) is 0 Å². The third kappa shape index (κ3) is 3.09. The van der Waals surface area contributed by atoms with Gasteiger partial charge in [0.1, 0.15) is 6.04 Å². The van der Waals surface area contributed by atoms with E-state index in [2.05, 4.69) is 5.32 Å². The number of thioether (sulfide) groups is 1. The molecule has 0 spiro atoms. The minimum Gasteiger partial charge on any atom is -0.480 e. The largest absolute Gasteiger partial charge is 0.480 e. The average molecular weight is 307 g/mol. The number of thiophene rings is 1. The van der Waals surface area contributed by atoms with Crippen molar-refractivity contribution in [1.82, 2.24) is 10.2 Å². The number of rotatable bonds is 3. The molecule has 1 atom stereocenters. The highest BCUT2D eigenvalue weighted by molar-refractivity contribution is 7.99. The molecule has 0 radical (unpaired) electrons. The number of hydrogen-bond acceptors (Lipinski definition) is 4. The first-order chi connectivity index (χ1) is 8.58. The van der Waals surface area contributed by atoms with Gasteiger partial charge in [-0.2, -0.15) is 0 Å². The number of hydrogen-bond donors (Lipinski definition) is 2. The fraction of sp³-hybridized carbons (Fsp3) is 0.400. The standard InChI is InChI=1S/C10H11ClN2O3S2/c11-8-2-1-6(18-8)3-12-10(16)13-5-17-4-7(13)9(14)15/h1-2,7H,3-5H2,(H,12,16)(H,14,15). The summed E-state index contributed by atoms with van der Waals surface area (Å²) in [5.74, 6) is -0.115. The van der Waals surface area contributed by atoms with Crippen molar-refractivity contribution >= 4 is 46.7 Å². The molecule has 98 valence electrons. The molecule has 1 saturated heterocycles. The number of carboxylic acid groups (broad SMARTS) is 1. The number of aliphatic carboxylic acids is 1. The van der Waals surface area contributed by atoms with Crippen molar-refractivity contribution in [2.75, 3.05) is 11.6 Å².